The maximum atomic E-state index is 14.7. The van der Waals surface area contributed by atoms with Crippen molar-refractivity contribution in [1.82, 2.24) is 36.9 Å². The zero-order valence-corrected chi connectivity index (χ0v) is 35.6. The Labute approximate surface area is 366 Å². The van der Waals surface area contributed by atoms with E-state index in [9.17, 15) is 39.0 Å². The van der Waals surface area contributed by atoms with Crippen LogP contribution in [0.25, 0.3) is 10.9 Å². The number of benzene rings is 3. The molecule has 336 valence electrons. The number of aliphatic hydroxyl groups is 1. The quantitative estimate of drug-likeness (QED) is 0.0616. The molecule has 1 saturated heterocycles. The van der Waals surface area contributed by atoms with E-state index in [1.807, 2.05) is 54.6 Å². The van der Waals surface area contributed by atoms with Gasteiger partial charge in [0.25, 0.3) is 0 Å². The van der Waals surface area contributed by atoms with E-state index in [4.69, 9.17) is 5.73 Å². The maximum absolute atomic E-state index is 14.7. The average Bonchev–Trinajstić information content (AvgIpc) is 3.97. The highest BCUT2D eigenvalue weighted by Gasteiger charge is 2.36. The fourth-order valence-electron chi connectivity index (χ4n) is 8.47. The Morgan fingerprint density at radius 1 is 0.667 bits per heavy atom. The van der Waals surface area contributed by atoms with Gasteiger partial charge in [-0.3, -0.25) is 24.0 Å². The summed E-state index contributed by atoms with van der Waals surface area (Å²) in [6.45, 7) is 1.98. The Morgan fingerprint density at radius 2 is 1.22 bits per heavy atom. The zero-order valence-electron chi connectivity index (χ0n) is 35.6. The van der Waals surface area contributed by atoms with E-state index in [2.05, 4.69) is 36.9 Å². The van der Waals surface area contributed by atoms with Crippen LogP contribution >= 0.6 is 0 Å². The summed E-state index contributed by atoms with van der Waals surface area (Å²) >= 11 is 0. The van der Waals surface area contributed by atoms with Crippen molar-refractivity contribution in [2.24, 2.45) is 11.7 Å². The standard InChI is InChI=1S/C47H60N8O8/c1-28(56)41(46(61)54-40(47(62)63)25-30-13-6-3-7-14-30)55-45(60)38(24-31-18-20-33(48)21-19-31)52-44(59)39(26-32-27-50-35-16-9-8-15-34(32)35)53-43(58)37(23-29-11-4-2-5-12-29)51-42(57)36-17-10-22-49-36/h2-9,11-16,27-28,31,33,36-41,49-50,56H,10,17-26,48H2,1H3,(H,51,57)(H,52,59)(H,53,58)(H,54,61)(H,55,60)(H,62,63)/t28-,31?,33?,36+,37+,38+,39-,40+,41+/m1/s1. The molecule has 7 atom stereocenters. The monoisotopic (exact) mass is 864 g/mol. The van der Waals surface area contributed by atoms with Gasteiger partial charge in [0.15, 0.2) is 0 Å². The third kappa shape index (κ3) is 13.2. The van der Waals surface area contributed by atoms with Gasteiger partial charge >= 0.3 is 5.97 Å². The average molecular weight is 865 g/mol. The first-order valence-electron chi connectivity index (χ1n) is 21.9. The SMILES string of the molecule is C[C@@H](O)[C@H](NC(=O)[C@H](CC1CCC(N)CC1)NC(=O)[C@@H](Cc1c[nH]c2ccccc12)NC(=O)[C@H](Cc1ccccc1)NC(=O)[C@@H]1CCCN1)C(=O)N[C@@H](Cc1ccccc1)C(=O)O. The molecule has 1 saturated carbocycles. The van der Waals surface area contributed by atoms with E-state index in [1.165, 1.54) is 6.92 Å². The molecule has 63 heavy (non-hydrogen) atoms. The molecule has 16 heteroatoms. The first kappa shape index (κ1) is 46.4. The van der Waals surface area contributed by atoms with Gasteiger partial charge in [-0.15, -0.1) is 0 Å². The van der Waals surface area contributed by atoms with Crippen molar-refractivity contribution in [3.63, 3.8) is 0 Å². The summed E-state index contributed by atoms with van der Waals surface area (Å²) < 4.78 is 0. The van der Waals surface area contributed by atoms with Crippen LogP contribution in [0.4, 0.5) is 0 Å². The number of aromatic nitrogens is 1. The van der Waals surface area contributed by atoms with Crippen molar-refractivity contribution >= 4 is 46.4 Å². The van der Waals surface area contributed by atoms with Crippen molar-refractivity contribution in [1.29, 1.82) is 0 Å². The fraction of sp³-hybridized carbons (Fsp3) is 0.447. The first-order valence-corrected chi connectivity index (χ1v) is 21.9. The van der Waals surface area contributed by atoms with E-state index in [0.29, 0.717) is 44.2 Å². The van der Waals surface area contributed by atoms with Crippen LogP contribution in [0, 0.1) is 5.92 Å². The normalized spacial score (nSPS) is 20.3. The lowest BCUT2D eigenvalue weighted by Gasteiger charge is -2.31. The molecule has 0 bridgehead atoms. The number of H-pyrrole nitrogens is 1. The molecule has 0 radical (unpaired) electrons. The summed E-state index contributed by atoms with van der Waals surface area (Å²) in [4.78, 5) is 85.9. The van der Waals surface area contributed by atoms with E-state index >= 15 is 0 Å². The van der Waals surface area contributed by atoms with Crippen LogP contribution < -0.4 is 37.6 Å². The topological polar surface area (TPSA) is 257 Å². The van der Waals surface area contributed by atoms with Gasteiger partial charge in [0, 0.05) is 42.4 Å². The van der Waals surface area contributed by atoms with Crippen LogP contribution in [-0.2, 0) is 48.0 Å². The number of nitrogens with two attached hydrogens (primary N) is 1. The molecule has 2 aliphatic rings. The highest BCUT2D eigenvalue weighted by atomic mass is 16.4. The van der Waals surface area contributed by atoms with Gasteiger partial charge < -0.3 is 52.8 Å². The van der Waals surface area contributed by atoms with Gasteiger partial charge in [0.2, 0.25) is 29.5 Å². The summed E-state index contributed by atoms with van der Waals surface area (Å²) in [5.41, 5.74) is 9.20. The third-order valence-electron chi connectivity index (χ3n) is 12.1. The number of hydrogen-bond donors (Lipinski definition) is 10. The van der Waals surface area contributed by atoms with E-state index in [1.54, 1.807) is 36.5 Å². The van der Waals surface area contributed by atoms with E-state index in [-0.39, 0.29) is 43.6 Å². The molecule has 0 unspecified atom stereocenters. The molecule has 5 amide bonds. The Kier molecular flexibility index (Phi) is 16.4. The lowest BCUT2D eigenvalue weighted by atomic mass is 9.82. The molecule has 16 nitrogen and oxygen atoms in total. The molecule has 11 N–H and O–H groups in total. The number of hydrogen-bond acceptors (Lipinski definition) is 9. The molecule has 1 aliphatic carbocycles. The van der Waals surface area contributed by atoms with E-state index < -0.39 is 72.0 Å². The number of carboxylic acids is 1. The number of aromatic amines is 1. The second kappa shape index (κ2) is 22.3. The van der Waals surface area contributed by atoms with Crippen molar-refractivity contribution in [2.75, 3.05) is 6.54 Å². The molecule has 4 aromatic rings. The fourth-order valence-corrected chi connectivity index (χ4v) is 8.47. The Bertz CT molecular complexity index is 2170. The zero-order chi connectivity index (χ0) is 44.9. The summed E-state index contributed by atoms with van der Waals surface area (Å²) in [5.74, 6) is -4.62. The minimum Gasteiger partial charge on any atom is -0.480 e. The van der Waals surface area contributed by atoms with Crippen LogP contribution in [0.5, 0.6) is 0 Å². The van der Waals surface area contributed by atoms with Crippen molar-refractivity contribution in [2.45, 2.75) is 120 Å². The maximum Gasteiger partial charge on any atom is 0.326 e. The molecule has 6 rings (SSSR count). The molecule has 3 aromatic carbocycles. The number of aliphatic carboxylic acids is 1. The van der Waals surface area contributed by atoms with Gasteiger partial charge in [-0.1, -0.05) is 78.9 Å². The summed E-state index contributed by atoms with van der Waals surface area (Å²) in [5, 5.41) is 38.5. The second-order valence-corrected chi connectivity index (χ2v) is 16.9. The summed E-state index contributed by atoms with van der Waals surface area (Å²) in [6, 6.07) is 18.6. The number of rotatable bonds is 20. The molecule has 0 spiro atoms. The van der Waals surface area contributed by atoms with Crippen LogP contribution in [0.15, 0.2) is 91.1 Å². The number of aliphatic hydroxyl groups excluding tert-OH is 1. The number of carbonyl (C=O) groups excluding carboxylic acids is 5. The van der Waals surface area contributed by atoms with E-state index in [0.717, 1.165) is 28.5 Å². The molecule has 1 aromatic heterocycles. The summed E-state index contributed by atoms with van der Waals surface area (Å²) in [6.07, 6.45) is 4.85. The number of amides is 5. The van der Waals surface area contributed by atoms with Crippen LogP contribution in [0.1, 0.15) is 68.6 Å². The van der Waals surface area contributed by atoms with Crippen LogP contribution in [0.2, 0.25) is 0 Å². The van der Waals surface area contributed by atoms with Gasteiger partial charge in [-0.25, -0.2) is 4.79 Å². The third-order valence-corrected chi connectivity index (χ3v) is 12.1. The second-order valence-electron chi connectivity index (χ2n) is 16.9. The number of nitrogens with one attached hydrogen (secondary N) is 7. The molecule has 1 aliphatic heterocycles. The van der Waals surface area contributed by atoms with Crippen molar-refractivity contribution in [3.8, 4) is 0 Å². The number of carboxylic acid groups (broad SMARTS) is 1. The largest absolute Gasteiger partial charge is 0.480 e. The number of fused-ring (bicyclic) bond motifs is 1. The Morgan fingerprint density at radius 3 is 1.83 bits per heavy atom. The Hall–Kier alpha value is -6.10. The van der Waals surface area contributed by atoms with Crippen LogP contribution in [-0.4, -0.2) is 106 Å². The van der Waals surface area contributed by atoms with Gasteiger partial charge in [0.1, 0.15) is 30.2 Å². The number of para-hydroxylation sites is 1. The van der Waals surface area contributed by atoms with Crippen LogP contribution in [0.3, 0.4) is 0 Å². The predicted octanol–water partition coefficient (Wildman–Crippen LogP) is 1.74. The minimum absolute atomic E-state index is 0.00837. The first-order chi connectivity index (χ1) is 30.3. The van der Waals surface area contributed by atoms with Crippen molar-refractivity contribution < 1.29 is 39.0 Å². The predicted molar refractivity (Wildman–Crippen MR) is 237 cm³/mol. The highest BCUT2D eigenvalue weighted by molar-refractivity contribution is 5.97. The van der Waals surface area contributed by atoms with Gasteiger partial charge in [-0.2, -0.15) is 0 Å². The van der Waals surface area contributed by atoms with Gasteiger partial charge in [-0.05, 0) is 87.1 Å². The highest BCUT2D eigenvalue weighted by Crippen LogP contribution is 2.27. The van der Waals surface area contributed by atoms with Crippen molar-refractivity contribution in [3.05, 3.63) is 108 Å². The summed E-state index contributed by atoms with van der Waals surface area (Å²) in [7, 11) is 0. The molecule has 2 heterocycles. The minimum atomic E-state index is -1.58. The molecular formula is C47H60N8O8. The smallest absolute Gasteiger partial charge is 0.326 e. The molecular weight excluding hydrogens is 805 g/mol. The Balaban J connectivity index is 1.25. The molecule has 2 fully saturated rings. The lowest BCUT2D eigenvalue weighted by molar-refractivity contribution is -0.143. The lowest BCUT2D eigenvalue weighted by Crippen LogP contribution is -2.61. The number of carbonyl (C=O) groups is 6. The van der Waals surface area contributed by atoms with Gasteiger partial charge in [0.05, 0.1) is 12.1 Å².